The smallest absolute Gasteiger partial charge is 0.328 e. The molecule has 154 valence electrons. The van der Waals surface area contributed by atoms with Crippen LogP contribution in [0.25, 0.3) is 0 Å². The summed E-state index contributed by atoms with van der Waals surface area (Å²) in [5.41, 5.74) is 1.09. The number of methoxy groups -OCH3 is 2. The fraction of sp³-hybridized carbons (Fsp3) is 0.619. The Hall–Kier alpha value is -2.28. The molecule has 1 aromatic rings. The fourth-order valence-corrected chi connectivity index (χ4v) is 4.00. The van der Waals surface area contributed by atoms with Gasteiger partial charge in [0.15, 0.2) is 0 Å². The van der Waals surface area contributed by atoms with Crippen LogP contribution in [0.15, 0.2) is 18.2 Å². The molecule has 28 heavy (non-hydrogen) atoms. The van der Waals surface area contributed by atoms with Crippen LogP contribution in [0.1, 0.15) is 38.2 Å². The van der Waals surface area contributed by atoms with Gasteiger partial charge in [0.05, 0.1) is 14.2 Å². The molecule has 2 heterocycles. The zero-order chi connectivity index (χ0) is 20.1. The largest absolute Gasteiger partial charge is 0.497 e. The molecule has 0 N–H and O–H groups in total. The van der Waals surface area contributed by atoms with Crippen LogP contribution in [0.3, 0.4) is 0 Å². The molecule has 2 unspecified atom stereocenters. The van der Waals surface area contributed by atoms with E-state index in [1.54, 1.807) is 12.0 Å². The quantitative estimate of drug-likeness (QED) is 0.718. The molecule has 0 aromatic heterocycles. The van der Waals surface area contributed by atoms with E-state index in [1.807, 2.05) is 25.1 Å². The molecule has 3 rings (SSSR count). The van der Waals surface area contributed by atoms with Crippen molar-refractivity contribution in [3.05, 3.63) is 23.8 Å². The Bertz CT molecular complexity index is 708. The number of ether oxygens (including phenoxy) is 3. The zero-order valence-electron chi connectivity index (χ0n) is 17.0. The van der Waals surface area contributed by atoms with E-state index in [9.17, 15) is 9.59 Å². The van der Waals surface area contributed by atoms with Crippen LogP contribution in [0.5, 0.6) is 11.5 Å². The van der Waals surface area contributed by atoms with Crippen LogP contribution in [-0.4, -0.2) is 67.7 Å². The number of hydrogen-bond acceptors (Lipinski definition) is 6. The van der Waals surface area contributed by atoms with E-state index in [2.05, 4.69) is 4.90 Å². The molecule has 2 aliphatic rings. The van der Waals surface area contributed by atoms with Gasteiger partial charge < -0.3 is 19.1 Å². The van der Waals surface area contributed by atoms with Gasteiger partial charge in [0.2, 0.25) is 5.91 Å². The highest BCUT2D eigenvalue weighted by Crippen LogP contribution is 2.29. The first-order valence-electron chi connectivity index (χ1n) is 9.95. The monoisotopic (exact) mass is 390 g/mol. The standard InChI is InChI=1S/C21H30N2O5/c1-15-13-22(14-16-7-8-17(26-2)12-19(16)28-15)11-9-20(24)23-10-5-4-6-18(23)21(25)27-3/h7-8,12,15,18H,4-6,9-11,13-14H2,1-3H3. The van der Waals surface area contributed by atoms with Crippen molar-refractivity contribution in [2.75, 3.05) is 33.9 Å². The maximum Gasteiger partial charge on any atom is 0.328 e. The Balaban J connectivity index is 1.62. The maximum absolute atomic E-state index is 12.8. The molecule has 2 aliphatic heterocycles. The minimum Gasteiger partial charge on any atom is -0.497 e. The van der Waals surface area contributed by atoms with Gasteiger partial charge in [0.25, 0.3) is 0 Å². The molecule has 1 saturated heterocycles. The number of esters is 1. The number of benzene rings is 1. The second kappa shape index (κ2) is 9.28. The van der Waals surface area contributed by atoms with Crippen molar-refractivity contribution >= 4 is 11.9 Å². The van der Waals surface area contributed by atoms with Crippen LogP contribution < -0.4 is 9.47 Å². The normalized spacial score (nSPS) is 22.6. The summed E-state index contributed by atoms with van der Waals surface area (Å²) < 4.78 is 16.2. The molecule has 1 fully saturated rings. The van der Waals surface area contributed by atoms with Gasteiger partial charge in [-0.05, 0) is 32.3 Å². The highest BCUT2D eigenvalue weighted by Gasteiger charge is 2.33. The number of carbonyl (C=O) groups is 2. The molecule has 0 spiro atoms. The SMILES string of the molecule is COC(=O)C1CCCCN1C(=O)CCN1Cc2ccc(OC)cc2OC(C)C1. The topological polar surface area (TPSA) is 68.3 Å². The second-order valence-corrected chi connectivity index (χ2v) is 7.51. The number of nitrogens with zero attached hydrogens (tertiary/aromatic N) is 2. The van der Waals surface area contributed by atoms with Gasteiger partial charge in [-0.3, -0.25) is 9.69 Å². The summed E-state index contributed by atoms with van der Waals surface area (Å²) in [5.74, 6) is 1.31. The Morgan fingerprint density at radius 1 is 1.25 bits per heavy atom. The molecule has 1 amide bonds. The summed E-state index contributed by atoms with van der Waals surface area (Å²) in [6.07, 6.45) is 2.96. The Morgan fingerprint density at radius 3 is 2.82 bits per heavy atom. The molecule has 2 atom stereocenters. The summed E-state index contributed by atoms with van der Waals surface area (Å²) in [5, 5.41) is 0. The number of amides is 1. The second-order valence-electron chi connectivity index (χ2n) is 7.51. The van der Waals surface area contributed by atoms with Crippen molar-refractivity contribution in [3.63, 3.8) is 0 Å². The summed E-state index contributed by atoms with van der Waals surface area (Å²) in [6.45, 7) is 4.74. The van der Waals surface area contributed by atoms with E-state index in [0.717, 1.165) is 43.0 Å². The molecule has 1 aromatic carbocycles. The highest BCUT2D eigenvalue weighted by molar-refractivity contribution is 5.84. The van der Waals surface area contributed by atoms with E-state index in [0.29, 0.717) is 25.9 Å². The summed E-state index contributed by atoms with van der Waals surface area (Å²) >= 11 is 0. The minimum absolute atomic E-state index is 0.0151. The molecular weight excluding hydrogens is 360 g/mol. The first-order chi connectivity index (χ1) is 13.5. The van der Waals surface area contributed by atoms with Gasteiger partial charge in [0, 0.05) is 44.2 Å². The van der Waals surface area contributed by atoms with E-state index < -0.39 is 6.04 Å². The third-order valence-corrected chi connectivity index (χ3v) is 5.45. The van der Waals surface area contributed by atoms with Crippen LogP contribution in [0, 0.1) is 0 Å². The van der Waals surface area contributed by atoms with Crippen molar-refractivity contribution in [2.45, 2.75) is 51.3 Å². The van der Waals surface area contributed by atoms with Gasteiger partial charge in [0.1, 0.15) is 23.6 Å². The third kappa shape index (κ3) is 4.76. The van der Waals surface area contributed by atoms with Gasteiger partial charge in [-0.25, -0.2) is 4.79 Å². The van der Waals surface area contributed by atoms with Crippen molar-refractivity contribution in [2.24, 2.45) is 0 Å². The molecule has 7 nitrogen and oxygen atoms in total. The zero-order valence-corrected chi connectivity index (χ0v) is 17.0. The molecular formula is C21H30N2O5. The third-order valence-electron chi connectivity index (χ3n) is 5.45. The number of carbonyl (C=O) groups excluding carboxylic acids is 2. The number of rotatable bonds is 5. The fourth-order valence-electron chi connectivity index (χ4n) is 4.00. The van der Waals surface area contributed by atoms with Gasteiger partial charge in [-0.1, -0.05) is 6.07 Å². The van der Waals surface area contributed by atoms with Crippen molar-refractivity contribution in [1.82, 2.24) is 9.80 Å². The summed E-state index contributed by atoms with van der Waals surface area (Å²) in [6, 6.07) is 5.41. The van der Waals surface area contributed by atoms with E-state index >= 15 is 0 Å². The molecule has 0 aliphatic carbocycles. The molecule has 0 saturated carbocycles. The lowest BCUT2D eigenvalue weighted by Crippen LogP contribution is -2.49. The number of fused-ring (bicyclic) bond motifs is 1. The van der Waals surface area contributed by atoms with Gasteiger partial charge >= 0.3 is 5.97 Å². The van der Waals surface area contributed by atoms with Crippen LogP contribution in [-0.2, 0) is 20.9 Å². The average molecular weight is 390 g/mol. The molecule has 7 heteroatoms. The van der Waals surface area contributed by atoms with Crippen molar-refractivity contribution in [1.29, 1.82) is 0 Å². The van der Waals surface area contributed by atoms with Crippen molar-refractivity contribution in [3.8, 4) is 11.5 Å². The number of hydrogen-bond donors (Lipinski definition) is 0. The predicted octanol–water partition coefficient (Wildman–Crippen LogP) is 2.22. The number of piperidine rings is 1. The Morgan fingerprint density at radius 2 is 2.07 bits per heavy atom. The number of likely N-dealkylation sites (tertiary alicyclic amines) is 1. The van der Waals surface area contributed by atoms with E-state index in [1.165, 1.54) is 7.11 Å². The summed E-state index contributed by atoms with van der Waals surface area (Å²) in [7, 11) is 3.02. The first-order valence-corrected chi connectivity index (χ1v) is 9.95. The maximum atomic E-state index is 12.8. The first kappa shape index (κ1) is 20.5. The van der Waals surface area contributed by atoms with Crippen LogP contribution >= 0.6 is 0 Å². The molecule has 0 bridgehead atoms. The Labute approximate surface area is 166 Å². The van der Waals surface area contributed by atoms with E-state index in [-0.39, 0.29) is 18.0 Å². The van der Waals surface area contributed by atoms with Crippen molar-refractivity contribution < 1.29 is 23.8 Å². The molecule has 0 radical (unpaired) electrons. The lowest BCUT2D eigenvalue weighted by Gasteiger charge is -2.34. The predicted molar refractivity (Wildman–Crippen MR) is 104 cm³/mol. The minimum atomic E-state index is -0.439. The average Bonchev–Trinajstić information content (AvgIpc) is 2.88. The lowest BCUT2D eigenvalue weighted by molar-refractivity contribution is -0.154. The highest BCUT2D eigenvalue weighted by atomic mass is 16.5. The lowest BCUT2D eigenvalue weighted by atomic mass is 10.0. The Kier molecular flexibility index (Phi) is 6.78. The van der Waals surface area contributed by atoms with Crippen LogP contribution in [0.2, 0.25) is 0 Å². The summed E-state index contributed by atoms with van der Waals surface area (Å²) in [4.78, 5) is 28.8. The van der Waals surface area contributed by atoms with Crippen LogP contribution in [0.4, 0.5) is 0 Å². The van der Waals surface area contributed by atoms with Gasteiger partial charge in [-0.2, -0.15) is 0 Å². The van der Waals surface area contributed by atoms with E-state index in [4.69, 9.17) is 14.2 Å². The van der Waals surface area contributed by atoms with Gasteiger partial charge in [-0.15, -0.1) is 0 Å².